The van der Waals surface area contributed by atoms with Crippen LogP contribution in [0.1, 0.15) is 52.7 Å². The molecular weight excluding hydrogens is 560 g/mol. The van der Waals surface area contributed by atoms with Gasteiger partial charge in [0.15, 0.2) is 17.6 Å². The largest absolute Gasteiger partial charge is 0.490 e. The van der Waals surface area contributed by atoms with Crippen LogP contribution in [-0.4, -0.2) is 64.4 Å². The zero-order valence-electron chi connectivity index (χ0n) is 23.3. The van der Waals surface area contributed by atoms with E-state index in [1.807, 2.05) is 13.8 Å². The lowest BCUT2D eigenvalue weighted by Crippen LogP contribution is -2.43. The third-order valence-corrected chi connectivity index (χ3v) is 8.31. The number of nitrogens with zero attached hydrogens (tertiary/aromatic N) is 2. The molecule has 14 heteroatoms. The minimum atomic E-state index is -4.34. The van der Waals surface area contributed by atoms with E-state index in [9.17, 15) is 19.3 Å². The maximum Gasteiger partial charge on any atom is 0.459 e. The molecular formula is C27H37FN3O9P. The van der Waals surface area contributed by atoms with E-state index in [4.69, 9.17) is 23.3 Å². The Morgan fingerprint density at radius 1 is 1.20 bits per heavy atom. The highest BCUT2D eigenvalue weighted by molar-refractivity contribution is 7.52. The molecule has 1 aromatic carbocycles. The summed E-state index contributed by atoms with van der Waals surface area (Å²) in [5, 5.41) is 13.5. The molecule has 0 radical (unpaired) electrons. The van der Waals surface area contributed by atoms with Gasteiger partial charge in [0, 0.05) is 0 Å². The summed E-state index contributed by atoms with van der Waals surface area (Å²) in [5.74, 6) is -0.208. The first-order chi connectivity index (χ1) is 19.5. The van der Waals surface area contributed by atoms with E-state index in [1.165, 1.54) is 12.4 Å². The van der Waals surface area contributed by atoms with Crippen LogP contribution in [0.15, 0.2) is 47.5 Å². The van der Waals surface area contributed by atoms with E-state index in [1.54, 1.807) is 30.3 Å². The first-order valence-corrected chi connectivity index (χ1v) is 15.2. The number of halogens is 1. The third-order valence-electron chi connectivity index (χ3n) is 6.74. The van der Waals surface area contributed by atoms with E-state index in [2.05, 4.69) is 10.1 Å². The second kappa shape index (κ2) is 13.4. The predicted molar refractivity (Wildman–Crippen MR) is 145 cm³/mol. The van der Waals surface area contributed by atoms with Crippen LogP contribution >= 0.6 is 7.75 Å². The van der Waals surface area contributed by atoms with Crippen molar-refractivity contribution in [1.29, 1.82) is 0 Å². The summed E-state index contributed by atoms with van der Waals surface area (Å²) in [4.78, 5) is 29.3. The SMILES string of the molecule is CC(C)C[C@H]1NP(=O)(Oc2ccccc2)OC[C@H]2O[C@@H](n3cc(cnc3=O)OCCCCCOC1=O)[C@](C)(F)[C@@H]2O. The summed E-state index contributed by atoms with van der Waals surface area (Å²) in [6.45, 7) is 4.69. The maximum atomic E-state index is 15.9. The Balaban J connectivity index is 1.66. The number of hydrogen-bond donors (Lipinski definition) is 2. The average Bonchev–Trinajstić information content (AvgIpc) is 3.15. The van der Waals surface area contributed by atoms with Gasteiger partial charge >= 0.3 is 19.4 Å². The molecule has 1 aromatic heterocycles. The lowest BCUT2D eigenvalue weighted by atomic mass is 9.98. The second-order valence-electron chi connectivity index (χ2n) is 10.7. The van der Waals surface area contributed by atoms with Gasteiger partial charge in [0.2, 0.25) is 0 Å². The number of alkyl halides is 1. The van der Waals surface area contributed by atoms with Crippen molar-refractivity contribution < 1.29 is 42.1 Å². The number of fused-ring (bicyclic) bond motifs is 5. The third kappa shape index (κ3) is 7.92. The quantitative estimate of drug-likeness (QED) is 0.394. The fraction of sp³-hybridized carbons (Fsp3) is 0.593. The van der Waals surface area contributed by atoms with Crippen LogP contribution in [0.25, 0.3) is 0 Å². The molecule has 0 aliphatic carbocycles. The van der Waals surface area contributed by atoms with Gasteiger partial charge in [0.1, 0.15) is 24.0 Å². The van der Waals surface area contributed by atoms with Crippen LogP contribution in [0.4, 0.5) is 4.39 Å². The number of aromatic nitrogens is 2. The van der Waals surface area contributed by atoms with Crippen LogP contribution < -0.4 is 20.0 Å². The molecule has 2 aliphatic heterocycles. The molecule has 0 amide bonds. The number of rotatable bonds is 4. The molecule has 2 aromatic rings. The second-order valence-corrected chi connectivity index (χ2v) is 12.4. The van der Waals surface area contributed by atoms with Crippen molar-refractivity contribution in [2.45, 2.75) is 76.6 Å². The van der Waals surface area contributed by atoms with Crippen molar-refractivity contribution in [3.05, 3.63) is 53.2 Å². The lowest BCUT2D eigenvalue weighted by Gasteiger charge is -2.27. The normalized spacial score (nSPS) is 31.8. The Morgan fingerprint density at radius 2 is 1.90 bits per heavy atom. The fourth-order valence-corrected chi connectivity index (χ4v) is 6.11. The van der Waals surface area contributed by atoms with Crippen molar-refractivity contribution in [1.82, 2.24) is 14.6 Å². The molecule has 1 saturated heterocycles. The van der Waals surface area contributed by atoms with Gasteiger partial charge in [-0.2, -0.15) is 10.1 Å². The van der Waals surface area contributed by atoms with E-state index in [0.717, 1.165) is 11.5 Å². The topological polar surface area (TPSA) is 147 Å². The van der Waals surface area contributed by atoms with Crippen molar-refractivity contribution in [3.8, 4) is 11.5 Å². The van der Waals surface area contributed by atoms with Gasteiger partial charge in [0.05, 0.1) is 32.2 Å². The molecule has 41 heavy (non-hydrogen) atoms. The summed E-state index contributed by atoms with van der Waals surface area (Å²) in [5.41, 5.74) is -3.27. The monoisotopic (exact) mass is 597 g/mol. The van der Waals surface area contributed by atoms with E-state index < -0.39 is 56.2 Å². The molecule has 12 nitrogen and oxygen atoms in total. The lowest BCUT2D eigenvalue weighted by molar-refractivity contribution is -0.146. The predicted octanol–water partition coefficient (Wildman–Crippen LogP) is 3.54. The molecule has 6 atom stereocenters. The van der Waals surface area contributed by atoms with Crippen molar-refractivity contribution in [3.63, 3.8) is 0 Å². The fourth-order valence-electron chi connectivity index (χ4n) is 4.59. The van der Waals surface area contributed by atoms with Gasteiger partial charge in [-0.25, -0.2) is 13.8 Å². The molecule has 1 unspecified atom stereocenters. The van der Waals surface area contributed by atoms with Crippen molar-refractivity contribution >= 4 is 13.7 Å². The van der Waals surface area contributed by atoms with Gasteiger partial charge < -0.3 is 23.8 Å². The number of esters is 1. The Morgan fingerprint density at radius 3 is 2.61 bits per heavy atom. The molecule has 1 fully saturated rings. The highest BCUT2D eigenvalue weighted by atomic mass is 31.2. The van der Waals surface area contributed by atoms with Crippen LogP contribution in [-0.2, 0) is 23.4 Å². The Hall–Kier alpha value is -2.83. The van der Waals surface area contributed by atoms with Crippen LogP contribution in [0.2, 0.25) is 0 Å². The molecule has 2 N–H and O–H groups in total. The number of benzene rings is 1. The summed E-state index contributed by atoms with van der Waals surface area (Å²) >= 11 is 0. The Bertz CT molecular complexity index is 1280. The minimum Gasteiger partial charge on any atom is -0.490 e. The van der Waals surface area contributed by atoms with Crippen LogP contribution in [0, 0.1) is 5.92 Å². The van der Waals surface area contributed by atoms with Gasteiger partial charge in [-0.05, 0) is 50.7 Å². The number of cyclic esters (lactones) is 1. The maximum absolute atomic E-state index is 15.9. The Kier molecular flexibility index (Phi) is 10.2. The number of ether oxygens (including phenoxy) is 3. The van der Waals surface area contributed by atoms with E-state index in [-0.39, 0.29) is 37.1 Å². The van der Waals surface area contributed by atoms with Gasteiger partial charge in [-0.15, -0.1) is 0 Å². The molecule has 2 aliphatic rings. The van der Waals surface area contributed by atoms with Gasteiger partial charge in [0.25, 0.3) is 0 Å². The number of carbonyl (C=O) groups excluding carboxylic acids is 1. The summed E-state index contributed by atoms with van der Waals surface area (Å²) in [6, 6.07) is 7.13. The zero-order valence-corrected chi connectivity index (χ0v) is 24.2. The number of hydrogen-bond acceptors (Lipinski definition) is 10. The number of carbonyl (C=O) groups is 1. The van der Waals surface area contributed by atoms with E-state index >= 15 is 4.39 Å². The Labute approximate surface area is 237 Å². The van der Waals surface area contributed by atoms with Crippen molar-refractivity contribution in [2.24, 2.45) is 5.92 Å². The minimum absolute atomic E-state index is 0.0129. The first kappa shape index (κ1) is 31.1. The highest BCUT2D eigenvalue weighted by Crippen LogP contribution is 2.48. The first-order valence-electron chi connectivity index (χ1n) is 13.7. The standard InChI is InChI=1S/C27H37FN3O9P/c1-18(2)14-21-24(33)37-13-9-5-8-12-36-20-15-29-26(34)31(16-20)25-27(3,28)23(32)22(39-25)17-38-41(35,30-21)40-19-10-6-4-7-11-19/h4,6-7,10-11,15-16,18,21-23,25,32H,5,8-9,12-14,17H2,1-3H3,(H,30,35)/t21-,22-,23-,25-,27-,41?/m1/s1. The number of nitrogens with one attached hydrogen (secondary N) is 1. The van der Waals surface area contributed by atoms with E-state index in [0.29, 0.717) is 19.3 Å². The number of aliphatic hydroxyl groups is 1. The average molecular weight is 598 g/mol. The number of para-hydroxylation sites is 1. The molecule has 4 rings (SSSR count). The molecule has 0 spiro atoms. The molecule has 4 bridgehead atoms. The molecule has 0 saturated carbocycles. The van der Waals surface area contributed by atoms with Crippen LogP contribution in [0.5, 0.6) is 11.5 Å². The van der Waals surface area contributed by atoms with Gasteiger partial charge in [-0.1, -0.05) is 32.0 Å². The smallest absolute Gasteiger partial charge is 0.459 e. The summed E-state index contributed by atoms with van der Waals surface area (Å²) in [7, 11) is -4.34. The zero-order chi connectivity index (χ0) is 29.6. The molecule has 226 valence electrons. The van der Waals surface area contributed by atoms with Crippen LogP contribution in [0.3, 0.4) is 0 Å². The summed E-state index contributed by atoms with van der Waals surface area (Å²) < 4.78 is 59.1. The summed E-state index contributed by atoms with van der Waals surface area (Å²) in [6.07, 6.45) is -0.128. The molecule has 3 heterocycles. The van der Waals surface area contributed by atoms with Crippen molar-refractivity contribution in [2.75, 3.05) is 19.8 Å². The number of aliphatic hydroxyl groups excluding tert-OH is 1. The highest BCUT2D eigenvalue weighted by Gasteiger charge is 2.56. The van der Waals surface area contributed by atoms with Gasteiger partial charge in [-0.3, -0.25) is 13.9 Å².